The molecule has 0 aliphatic carbocycles. The molecule has 0 amide bonds. The zero-order valence-corrected chi connectivity index (χ0v) is 12.0. The summed E-state index contributed by atoms with van der Waals surface area (Å²) in [6, 6.07) is 8.36. The second kappa shape index (κ2) is 5.17. The van der Waals surface area contributed by atoms with Gasteiger partial charge in [-0.05, 0) is 41.8 Å². The van der Waals surface area contributed by atoms with Crippen LogP contribution in [0, 0.1) is 0 Å². The molecule has 20 heavy (non-hydrogen) atoms. The molecule has 0 saturated heterocycles. The molecular formula is C15H13Cl2NO2. The predicted molar refractivity (Wildman–Crippen MR) is 79.8 cm³/mol. The highest BCUT2D eigenvalue weighted by Gasteiger charge is 2.26. The Morgan fingerprint density at radius 3 is 2.40 bits per heavy atom. The minimum absolute atomic E-state index is 0.102. The summed E-state index contributed by atoms with van der Waals surface area (Å²) < 4.78 is 0. The highest BCUT2D eigenvalue weighted by Crippen LogP contribution is 2.40. The van der Waals surface area contributed by atoms with E-state index in [2.05, 4.69) is 5.32 Å². The molecule has 0 spiro atoms. The molecule has 1 atom stereocenters. The number of phenols is 2. The Kier molecular flexibility index (Phi) is 3.50. The van der Waals surface area contributed by atoms with Crippen molar-refractivity contribution >= 4 is 23.2 Å². The summed E-state index contributed by atoms with van der Waals surface area (Å²) in [6.45, 7) is 0.753. The summed E-state index contributed by atoms with van der Waals surface area (Å²) in [5.74, 6) is -0.240. The molecule has 0 radical (unpaired) electrons. The molecule has 5 heteroatoms. The van der Waals surface area contributed by atoms with Crippen LogP contribution >= 0.6 is 23.2 Å². The van der Waals surface area contributed by atoms with Crippen LogP contribution in [0.1, 0.15) is 22.7 Å². The molecule has 2 aromatic carbocycles. The first-order valence-corrected chi connectivity index (χ1v) is 7.05. The van der Waals surface area contributed by atoms with Gasteiger partial charge in [0, 0.05) is 22.2 Å². The van der Waals surface area contributed by atoms with Crippen LogP contribution in [-0.2, 0) is 6.42 Å². The van der Waals surface area contributed by atoms with Crippen LogP contribution in [0.2, 0.25) is 10.0 Å². The average Bonchev–Trinajstić information content (AvgIpc) is 2.40. The zero-order valence-electron chi connectivity index (χ0n) is 10.5. The van der Waals surface area contributed by atoms with Crippen LogP contribution in [-0.4, -0.2) is 16.8 Å². The van der Waals surface area contributed by atoms with Gasteiger partial charge in [-0.2, -0.15) is 0 Å². The first-order valence-electron chi connectivity index (χ1n) is 6.30. The maximum atomic E-state index is 9.73. The normalized spacial score (nSPS) is 17.8. The van der Waals surface area contributed by atoms with Crippen molar-refractivity contribution in [2.75, 3.05) is 6.54 Å². The van der Waals surface area contributed by atoms with Crippen molar-refractivity contribution in [2.24, 2.45) is 0 Å². The average molecular weight is 310 g/mol. The Bertz CT molecular complexity index is 653. The first kappa shape index (κ1) is 13.6. The van der Waals surface area contributed by atoms with E-state index in [0.29, 0.717) is 10.0 Å². The smallest absolute Gasteiger partial charge is 0.157 e. The molecule has 1 aliphatic rings. The van der Waals surface area contributed by atoms with E-state index in [1.165, 1.54) is 0 Å². The van der Waals surface area contributed by atoms with Crippen LogP contribution in [0.5, 0.6) is 11.5 Å². The van der Waals surface area contributed by atoms with Gasteiger partial charge >= 0.3 is 0 Å². The number of nitrogens with one attached hydrogen (secondary N) is 1. The summed E-state index contributed by atoms with van der Waals surface area (Å²) >= 11 is 12.5. The Labute approximate surface area is 126 Å². The fourth-order valence-electron chi connectivity index (χ4n) is 2.63. The van der Waals surface area contributed by atoms with E-state index in [1.54, 1.807) is 30.3 Å². The van der Waals surface area contributed by atoms with Crippen LogP contribution in [0.25, 0.3) is 0 Å². The largest absolute Gasteiger partial charge is 0.504 e. The second-order valence-corrected chi connectivity index (χ2v) is 5.63. The van der Waals surface area contributed by atoms with Gasteiger partial charge in [0.2, 0.25) is 0 Å². The van der Waals surface area contributed by atoms with Gasteiger partial charge in [-0.25, -0.2) is 0 Å². The zero-order chi connectivity index (χ0) is 14.3. The lowest BCUT2D eigenvalue weighted by Crippen LogP contribution is -2.30. The Morgan fingerprint density at radius 2 is 1.70 bits per heavy atom. The van der Waals surface area contributed by atoms with Crippen molar-refractivity contribution in [3.8, 4) is 11.5 Å². The second-order valence-electron chi connectivity index (χ2n) is 4.81. The van der Waals surface area contributed by atoms with Gasteiger partial charge in [-0.3, -0.25) is 0 Å². The summed E-state index contributed by atoms with van der Waals surface area (Å²) in [4.78, 5) is 0. The van der Waals surface area contributed by atoms with Crippen molar-refractivity contribution < 1.29 is 10.2 Å². The summed E-state index contributed by atoms with van der Waals surface area (Å²) in [5.41, 5.74) is 2.67. The maximum absolute atomic E-state index is 9.73. The number of fused-ring (bicyclic) bond motifs is 1. The number of hydrogen-bond donors (Lipinski definition) is 3. The fourth-order valence-corrected chi connectivity index (χ4v) is 3.24. The van der Waals surface area contributed by atoms with Crippen molar-refractivity contribution in [1.29, 1.82) is 0 Å². The van der Waals surface area contributed by atoms with Crippen molar-refractivity contribution in [1.82, 2.24) is 5.32 Å². The fraction of sp³-hybridized carbons (Fsp3) is 0.200. The number of phenolic OH excluding ortho intramolecular Hbond substituents is 2. The Hall–Kier alpha value is -1.42. The quantitative estimate of drug-likeness (QED) is 0.705. The molecule has 3 N–H and O–H groups in total. The Morgan fingerprint density at radius 1 is 1.05 bits per heavy atom. The molecule has 3 rings (SSSR count). The summed E-state index contributed by atoms with van der Waals surface area (Å²) in [7, 11) is 0. The van der Waals surface area contributed by atoms with Gasteiger partial charge in [0.05, 0.1) is 6.04 Å². The van der Waals surface area contributed by atoms with Gasteiger partial charge in [0.25, 0.3) is 0 Å². The lowest BCUT2D eigenvalue weighted by atomic mass is 9.89. The molecule has 2 aromatic rings. The van der Waals surface area contributed by atoms with Crippen LogP contribution in [0.15, 0.2) is 30.3 Å². The molecular weight excluding hydrogens is 297 g/mol. The van der Waals surface area contributed by atoms with Crippen molar-refractivity contribution in [3.63, 3.8) is 0 Å². The number of aromatic hydroxyl groups is 2. The molecule has 104 valence electrons. The minimum atomic E-state index is -0.188. The number of rotatable bonds is 1. The molecule has 1 heterocycles. The highest BCUT2D eigenvalue weighted by atomic mass is 35.5. The van der Waals surface area contributed by atoms with Crippen LogP contribution in [0.3, 0.4) is 0 Å². The molecule has 0 saturated carbocycles. The summed E-state index contributed by atoms with van der Waals surface area (Å²) in [6.07, 6.45) is 0.780. The van der Waals surface area contributed by atoms with E-state index in [-0.39, 0.29) is 17.5 Å². The Balaban J connectivity index is 2.17. The molecule has 3 nitrogen and oxygen atoms in total. The number of halogens is 2. The van der Waals surface area contributed by atoms with Crippen LogP contribution in [0.4, 0.5) is 0 Å². The van der Waals surface area contributed by atoms with E-state index in [4.69, 9.17) is 23.2 Å². The van der Waals surface area contributed by atoms with E-state index in [0.717, 1.165) is 29.7 Å². The summed E-state index contributed by atoms with van der Waals surface area (Å²) in [5, 5.41) is 23.9. The van der Waals surface area contributed by atoms with Crippen molar-refractivity contribution in [2.45, 2.75) is 12.5 Å². The van der Waals surface area contributed by atoms with Gasteiger partial charge in [0.1, 0.15) is 0 Å². The molecule has 0 bridgehead atoms. The van der Waals surface area contributed by atoms with E-state index in [9.17, 15) is 10.2 Å². The monoisotopic (exact) mass is 309 g/mol. The van der Waals surface area contributed by atoms with Crippen LogP contribution < -0.4 is 5.32 Å². The van der Waals surface area contributed by atoms with E-state index in [1.807, 2.05) is 0 Å². The lowest BCUT2D eigenvalue weighted by molar-refractivity contribution is 0.400. The third kappa shape index (κ3) is 2.22. The lowest BCUT2D eigenvalue weighted by Gasteiger charge is -2.29. The molecule has 1 aliphatic heterocycles. The molecule has 0 fully saturated rings. The van der Waals surface area contributed by atoms with Gasteiger partial charge in [-0.15, -0.1) is 0 Å². The first-order chi connectivity index (χ1) is 9.58. The van der Waals surface area contributed by atoms with Crippen molar-refractivity contribution in [3.05, 3.63) is 57.1 Å². The standard InChI is InChI=1S/C15H13Cl2NO2/c16-10-2-1-3-11(17)14(10)15-9-7-13(20)12(19)6-8(9)4-5-18-15/h1-3,6-7,15,18-20H,4-5H2/t15-/m1/s1. The topological polar surface area (TPSA) is 52.5 Å². The third-order valence-electron chi connectivity index (χ3n) is 3.58. The molecule has 0 unspecified atom stereocenters. The van der Waals surface area contributed by atoms with E-state index < -0.39 is 0 Å². The number of hydrogen-bond acceptors (Lipinski definition) is 3. The predicted octanol–water partition coefficient (Wildman–Crippen LogP) is 3.64. The van der Waals surface area contributed by atoms with E-state index >= 15 is 0 Å². The highest BCUT2D eigenvalue weighted by molar-refractivity contribution is 6.36. The molecule has 0 aromatic heterocycles. The van der Waals surface area contributed by atoms with Gasteiger partial charge in [-0.1, -0.05) is 29.3 Å². The number of benzene rings is 2. The van der Waals surface area contributed by atoms with Gasteiger partial charge < -0.3 is 15.5 Å². The maximum Gasteiger partial charge on any atom is 0.157 e. The minimum Gasteiger partial charge on any atom is -0.504 e. The SMILES string of the molecule is Oc1cc2c(cc1O)[C@H](c1c(Cl)cccc1Cl)NCC2. The van der Waals surface area contributed by atoms with Gasteiger partial charge in [0.15, 0.2) is 11.5 Å². The third-order valence-corrected chi connectivity index (χ3v) is 4.24.